The van der Waals surface area contributed by atoms with Crippen molar-refractivity contribution in [2.75, 3.05) is 5.32 Å². The molecule has 0 aromatic heterocycles. The fraction of sp³-hybridized carbons (Fsp3) is 0.222. The Morgan fingerprint density at radius 1 is 0.870 bits per heavy atom. The standard InChI is InChI=1S/C18H19NO4/c1-13(17(20)19-15-9-5-3-6-10-15)23-18(21)14(2)22-16-11-7-4-8-12-16/h3-14H,1-2H3,(H,19,20)/t13-,14-/m0/s1. The van der Waals surface area contributed by atoms with E-state index in [9.17, 15) is 9.59 Å². The first kappa shape index (κ1) is 16.5. The predicted octanol–water partition coefficient (Wildman–Crippen LogP) is 3.02. The Balaban J connectivity index is 1.85. The van der Waals surface area contributed by atoms with Crippen molar-refractivity contribution in [3.63, 3.8) is 0 Å². The molecule has 2 aromatic rings. The van der Waals surface area contributed by atoms with Gasteiger partial charge in [0.25, 0.3) is 5.91 Å². The zero-order valence-corrected chi connectivity index (χ0v) is 13.1. The fourth-order valence-electron chi connectivity index (χ4n) is 1.84. The number of anilines is 1. The Morgan fingerprint density at radius 2 is 1.43 bits per heavy atom. The van der Waals surface area contributed by atoms with Crippen LogP contribution in [0.4, 0.5) is 5.69 Å². The molecule has 0 saturated carbocycles. The lowest BCUT2D eigenvalue weighted by Gasteiger charge is -2.17. The molecule has 0 spiro atoms. The highest BCUT2D eigenvalue weighted by Crippen LogP contribution is 2.12. The number of ether oxygens (including phenoxy) is 2. The van der Waals surface area contributed by atoms with E-state index in [0.29, 0.717) is 11.4 Å². The molecular weight excluding hydrogens is 294 g/mol. The van der Waals surface area contributed by atoms with E-state index in [1.165, 1.54) is 6.92 Å². The number of para-hydroxylation sites is 2. The van der Waals surface area contributed by atoms with Gasteiger partial charge >= 0.3 is 5.97 Å². The molecule has 2 aromatic carbocycles. The van der Waals surface area contributed by atoms with E-state index in [2.05, 4.69) is 5.32 Å². The van der Waals surface area contributed by atoms with Gasteiger partial charge in [-0.15, -0.1) is 0 Å². The van der Waals surface area contributed by atoms with Crippen LogP contribution in [0.25, 0.3) is 0 Å². The Bertz CT molecular complexity index is 643. The zero-order chi connectivity index (χ0) is 16.7. The molecule has 0 radical (unpaired) electrons. The molecule has 120 valence electrons. The van der Waals surface area contributed by atoms with E-state index in [1.807, 2.05) is 36.4 Å². The normalized spacial score (nSPS) is 12.8. The minimum absolute atomic E-state index is 0.392. The monoisotopic (exact) mass is 313 g/mol. The van der Waals surface area contributed by atoms with Gasteiger partial charge in [0.15, 0.2) is 12.2 Å². The maximum Gasteiger partial charge on any atom is 0.347 e. The van der Waals surface area contributed by atoms with Gasteiger partial charge in [0.1, 0.15) is 5.75 Å². The minimum atomic E-state index is -0.912. The third-order valence-electron chi connectivity index (χ3n) is 3.09. The molecule has 1 N–H and O–H groups in total. The van der Waals surface area contributed by atoms with Gasteiger partial charge in [0.2, 0.25) is 0 Å². The topological polar surface area (TPSA) is 64.6 Å². The van der Waals surface area contributed by atoms with Crippen molar-refractivity contribution >= 4 is 17.6 Å². The van der Waals surface area contributed by atoms with Crippen molar-refractivity contribution < 1.29 is 19.1 Å². The number of rotatable bonds is 6. The molecule has 0 aliphatic rings. The van der Waals surface area contributed by atoms with E-state index < -0.39 is 24.1 Å². The number of benzene rings is 2. The second kappa shape index (κ2) is 7.98. The second-order valence-corrected chi connectivity index (χ2v) is 5.01. The van der Waals surface area contributed by atoms with Crippen LogP contribution in [0.1, 0.15) is 13.8 Å². The summed E-state index contributed by atoms with van der Waals surface area (Å²) >= 11 is 0. The summed E-state index contributed by atoms with van der Waals surface area (Å²) in [5.41, 5.74) is 0.647. The molecular formula is C18H19NO4. The van der Waals surface area contributed by atoms with Crippen molar-refractivity contribution in [2.45, 2.75) is 26.1 Å². The number of esters is 1. The molecule has 2 rings (SSSR count). The molecule has 0 heterocycles. The van der Waals surface area contributed by atoms with Crippen LogP contribution in [0.3, 0.4) is 0 Å². The first-order chi connectivity index (χ1) is 11.1. The summed E-state index contributed by atoms with van der Waals surface area (Å²) in [6.07, 6.45) is -1.71. The summed E-state index contributed by atoms with van der Waals surface area (Å²) in [5, 5.41) is 2.68. The van der Waals surface area contributed by atoms with Crippen LogP contribution in [-0.2, 0) is 14.3 Å². The van der Waals surface area contributed by atoms with E-state index >= 15 is 0 Å². The molecule has 23 heavy (non-hydrogen) atoms. The molecule has 1 amide bonds. The van der Waals surface area contributed by atoms with Crippen molar-refractivity contribution in [2.24, 2.45) is 0 Å². The van der Waals surface area contributed by atoms with Crippen LogP contribution in [0.5, 0.6) is 5.75 Å². The summed E-state index contributed by atoms with van der Waals surface area (Å²) < 4.78 is 10.6. The van der Waals surface area contributed by atoms with Gasteiger partial charge in [0.05, 0.1) is 0 Å². The third kappa shape index (κ3) is 5.14. The second-order valence-electron chi connectivity index (χ2n) is 5.01. The number of nitrogens with one attached hydrogen (secondary N) is 1. The minimum Gasteiger partial charge on any atom is -0.479 e. The summed E-state index contributed by atoms with van der Waals surface area (Å²) in [6, 6.07) is 17.9. The number of amides is 1. The molecule has 5 nitrogen and oxygen atoms in total. The highest BCUT2D eigenvalue weighted by atomic mass is 16.6. The summed E-state index contributed by atoms with van der Waals surface area (Å²) in [4.78, 5) is 24.0. The van der Waals surface area contributed by atoms with Crippen molar-refractivity contribution in [1.29, 1.82) is 0 Å². The van der Waals surface area contributed by atoms with Gasteiger partial charge in [-0.3, -0.25) is 4.79 Å². The number of hydrogen-bond acceptors (Lipinski definition) is 4. The molecule has 0 aliphatic heterocycles. The van der Waals surface area contributed by atoms with Gasteiger partial charge in [-0.05, 0) is 38.1 Å². The van der Waals surface area contributed by atoms with Gasteiger partial charge in [-0.25, -0.2) is 4.79 Å². The van der Waals surface area contributed by atoms with Gasteiger partial charge in [-0.1, -0.05) is 36.4 Å². The van der Waals surface area contributed by atoms with Crippen molar-refractivity contribution in [1.82, 2.24) is 0 Å². The number of carbonyl (C=O) groups excluding carboxylic acids is 2. The molecule has 0 aliphatic carbocycles. The maximum atomic E-state index is 12.0. The first-order valence-corrected chi connectivity index (χ1v) is 7.34. The lowest BCUT2D eigenvalue weighted by Crippen LogP contribution is -2.35. The van der Waals surface area contributed by atoms with Crippen LogP contribution in [0.2, 0.25) is 0 Å². The summed E-state index contributed by atoms with van der Waals surface area (Å²) in [5.74, 6) is -0.417. The molecule has 0 unspecified atom stereocenters. The molecule has 0 fully saturated rings. The Labute approximate surface area is 135 Å². The van der Waals surface area contributed by atoms with Crippen LogP contribution >= 0.6 is 0 Å². The number of hydrogen-bond donors (Lipinski definition) is 1. The smallest absolute Gasteiger partial charge is 0.347 e. The molecule has 2 atom stereocenters. The van der Waals surface area contributed by atoms with Gasteiger partial charge < -0.3 is 14.8 Å². The highest BCUT2D eigenvalue weighted by Gasteiger charge is 2.23. The molecule has 0 saturated heterocycles. The van der Waals surface area contributed by atoms with Crippen LogP contribution in [0.15, 0.2) is 60.7 Å². The van der Waals surface area contributed by atoms with E-state index in [4.69, 9.17) is 9.47 Å². The van der Waals surface area contributed by atoms with E-state index in [1.54, 1.807) is 31.2 Å². The molecule has 5 heteroatoms. The highest BCUT2D eigenvalue weighted by molar-refractivity contribution is 5.95. The van der Waals surface area contributed by atoms with Gasteiger partial charge in [0, 0.05) is 5.69 Å². The quantitative estimate of drug-likeness (QED) is 0.833. The predicted molar refractivity (Wildman–Crippen MR) is 87.2 cm³/mol. The lowest BCUT2D eigenvalue weighted by molar-refractivity contribution is -0.159. The Morgan fingerprint density at radius 3 is 2.04 bits per heavy atom. The Hall–Kier alpha value is -2.82. The average Bonchev–Trinajstić information content (AvgIpc) is 2.56. The average molecular weight is 313 g/mol. The van der Waals surface area contributed by atoms with E-state index in [0.717, 1.165) is 0 Å². The maximum absolute atomic E-state index is 12.0. The summed E-state index contributed by atoms with van der Waals surface area (Å²) in [6.45, 7) is 3.10. The van der Waals surface area contributed by atoms with Gasteiger partial charge in [-0.2, -0.15) is 0 Å². The fourth-order valence-corrected chi connectivity index (χ4v) is 1.84. The van der Waals surface area contributed by atoms with Crippen molar-refractivity contribution in [3.8, 4) is 5.75 Å². The molecule has 0 bridgehead atoms. The van der Waals surface area contributed by atoms with Crippen LogP contribution < -0.4 is 10.1 Å². The zero-order valence-electron chi connectivity index (χ0n) is 13.1. The SMILES string of the molecule is C[C@H](OC(=O)[C@H](C)Oc1ccccc1)C(=O)Nc1ccccc1. The van der Waals surface area contributed by atoms with Crippen molar-refractivity contribution in [3.05, 3.63) is 60.7 Å². The third-order valence-corrected chi connectivity index (χ3v) is 3.09. The Kier molecular flexibility index (Phi) is 5.74. The van der Waals surface area contributed by atoms with E-state index in [-0.39, 0.29) is 0 Å². The largest absolute Gasteiger partial charge is 0.479 e. The summed E-state index contributed by atoms with van der Waals surface area (Å²) in [7, 11) is 0. The first-order valence-electron chi connectivity index (χ1n) is 7.34. The van der Waals surface area contributed by atoms with Crippen LogP contribution in [0, 0.1) is 0 Å². The van der Waals surface area contributed by atoms with Crippen LogP contribution in [-0.4, -0.2) is 24.1 Å². The number of carbonyl (C=O) groups is 2. The lowest BCUT2D eigenvalue weighted by atomic mass is 10.3.